The Morgan fingerprint density at radius 3 is 2.46 bits per heavy atom. The number of aliphatic carboxylic acids is 1. The van der Waals surface area contributed by atoms with Gasteiger partial charge in [0.25, 0.3) is 5.91 Å². The number of benzene rings is 2. The lowest BCUT2D eigenvalue weighted by Gasteiger charge is -2.31. The summed E-state index contributed by atoms with van der Waals surface area (Å²) in [6.45, 7) is 0.783. The van der Waals surface area contributed by atoms with E-state index >= 15 is 0 Å². The number of thiophene rings is 1. The van der Waals surface area contributed by atoms with Crippen LogP contribution in [0.25, 0.3) is 10.1 Å². The van der Waals surface area contributed by atoms with Crippen molar-refractivity contribution < 1.29 is 42.2 Å². The molecule has 1 aliphatic rings. The van der Waals surface area contributed by atoms with E-state index in [0.29, 0.717) is 36.9 Å². The van der Waals surface area contributed by atoms with Crippen LogP contribution in [0.1, 0.15) is 34.5 Å². The second-order valence-corrected chi connectivity index (χ2v) is 10.3. The van der Waals surface area contributed by atoms with Crippen molar-refractivity contribution in [3.63, 3.8) is 0 Å². The summed E-state index contributed by atoms with van der Waals surface area (Å²) >= 11 is 1.39. The number of aryl methyl sites for hydroxylation is 1. The standard InChI is InChI=1S/C27H25F3N2O6S/c1-14-10-17(28)24(30)25(23(14)29)38-13-19(33)18(12-22(34)35)31-26(36)15-6-8-32(9-7-15)27(37)21-11-16-4-2-3-5-20(16)39-21/h2-5,10-11,15,18H,6-9,12-13H2,1H3,(H,31,36)(H,34,35)/t18-/m0/s1. The topological polar surface area (TPSA) is 113 Å². The number of rotatable bonds is 9. The van der Waals surface area contributed by atoms with Crippen LogP contribution in [-0.2, 0) is 14.4 Å². The first kappa shape index (κ1) is 28.1. The minimum Gasteiger partial charge on any atom is -0.481 e. The Bertz CT molecular complexity index is 1380. The normalized spacial score (nSPS) is 14.7. The Labute approximate surface area is 225 Å². The number of halogens is 3. The van der Waals surface area contributed by atoms with Crippen LogP contribution in [0.15, 0.2) is 36.4 Å². The van der Waals surface area contributed by atoms with Gasteiger partial charge in [0.15, 0.2) is 23.2 Å². The summed E-state index contributed by atoms with van der Waals surface area (Å²) in [4.78, 5) is 52.0. The van der Waals surface area contributed by atoms with Gasteiger partial charge in [0.05, 0.1) is 11.3 Å². The zero-order valence-electron chi connectivity index (χ0n) is 20.8. The molecule has 1 atom stereocenters. The molecule has 12 heteroatoms. The number of nitrogens with one attached hydrogen (secondary N) is 1. The third kappa shape index (κ3) is 6.39. The monoisotopic (exact) mass is 562 g/mol. The zero-order chi connectivity index (χ0) is 28.3. The highest BCUT2D eigenvalue weighted by Crippen LogP contribution is 2.29. The molecule has 1 aliphatic heterocycles. The highest BCUT2D eigenvalue weighted by Gasteiger charge is 2.32. The van der Waals surface area contributed by atoms with E-state index in [4.69, 9.17) is 4.74 Å². The van der Waals surface area contributed by atoms with Crippen molar-refractivity contribution in [2.45, 2.75) is 32.2 Å². The fourth-order valence-corrected chi connectivity index (χ4v) is 5.40. The summed E-state index contributed by atoms with van der Waals surface area (Å²) < 4.78 is 47.6. The largest absolute Gasteiger partial charge is 0.481 e. The summed E-state index contributed by atoms with van der Waals surface area (Å²) in [5.41, 5.74) is -0.246. The molecular formula is C27H25F3N2O6S. The van der Waals surface area contributed by atoms with Gasteiger partial charge in [-0.2, -0.15) is 4.39 Å². The van der Waals surface area contributed by atoms with E-state index in [1.165, 1.54) is 18.3 Å². The van der Waals surface area contributed by atoms with Gasteiger partial charge in [0, 0.05) is 23.7 Å². The molecule has 1 saturated heterocycles. The first-order valence-corrected chi connectivity index (χ1v) is 13.0. The van der Waals surface area contributed by atoms with E-state index in [2.05, 4.69) is 5.32 Å². The number of carboxylic acids is 1. The SMILES string of the molecule is Cc1cc(F)c(F)c(OCC(=O)[C@H](CC(=O)O)NC(=O)C2CCN(C(=O)c3cc4ccccc4s3)CC2)c1F. The number of nitrogens with zero attached hydrogens (tertiary/aromatic N) is 1. The third-order valence-electron chi connectivity index (χ3n) is 6.53. The maximum absolute atomic E-state index is 14.2. The molecular weight excluding hydrogens is 537 g/mol. The smallest absolute Gasteiger partial charge is 0.305 e. The Morgan fingerprint density at radius 1 is 1.10 bits per heavy atom. The number of ether oxygens (including phenoxy) is 1. The maximum atomic E-state index is 14.2. The van der Waals surface area contributed by atoms with Crippen LogP contribution < -0.4 is 10.1 Å². The summed E-state index contributed by atoms with van der Waals surface area (Å²) in [6.07, 6.45) is -0.192. The number of piperidine rings is 1. The van der Waals surface area contributed by atoms with Gasteiger partial charge in [-0.15, -0.1) is 11.3 Å². The van der Waals surface area contributed by atoms with Crippen molar-refractivity contribution >= 4 is 45.0 Å². The van der Waals surface area contributed by atoms with Gasteiger partial charge in [-0.05, 0) is 48.9 Å². The van der Waals surface area contributed by atoms with Gasteiger partial charge in [-0.3, -0.25) is 19.2 Å². The molecule has 8 nitrogen and oxygen atoms in total. The zero-order valence-corrected chi connectivity index (χ0v) is 21.7. The van der Waals surface area contributed by atoms with Gasteiger partial charge in [0.1, 0.15) is 12.6 Å². The van der Waals surface area contributed by atoms with Crippen molar-refractivity contribution in [2.75, 3.05) is 19.7 Å². The van der Waals surface area contributed by atoms with Gasteiger partial charge < -0.3 is 20.1 Å². The Balaban J connectivity index is 1.35. The first-order valence-electron chi connectivity index (χ1n) is 12.1. The first-order chi connectivity index (χ1) is 18.5. The lowest BCUT2D eigenvalue weighted by atomic mass is 9.95. The molecule has 0 radical (unpaired) electrons. The molecule has 2 amide bonds. The second-order valence-electron chi connectivity index (χ2n) is 9.26. The predicted octanol–water partition coefficient (Wildman–Crippen LogP) is 4.09. The number of carboxylic acid groups (broad SMARTS) is 1. The van der Waals surface area contributed by atoms with Gasteiger partial charge >= 0.3 is 5.97 Å². The number of amides is 2. The molecule has 0 bridgehead atoms. The number of fused-ring (bicyclic) bond motifs is 1. The highest BCUT2D eigenvalue weighted by atomic mass is 32.1. The second kappa shape index (κ2) is 11.9. The number of carbonyl (C=O) groups is 4. The molecule has 3 aromatic rings. The van der Waals surface area contributed by atoms with Gasteiger partial charge in [0.2, 0.25) is 11.7 Å². The minimum absolute atomic E-state index is 0.141. The molecule has 0 saturated carbocycles. The highest BCUT2D eigenvalue weighted by molar-refractivity contribution is 7.20. The lowest BCUT2D eigenvalue weighted by Crippen LogP contribution is -2.49. The number of hydrogen-bond acceptors (Lipinski definition) is 6. The van der Waals surface area contributed by atoms with Crippen LogP contribution in [-0.4, -0.2) is 59.3 Å². The molecule has 39 heavy (non-hydrogen) atoms. The Morgan fingerprint density at radius 2 is 1.79 bits per heavy atom. The molecule has 4 rings (SSSR count). The molecule has 1 aromatic heterocycles. The van der Waals surface area contributed by atoms with Crippen LogP contribution in [0.5, 0.6) is 5.75 Å². The van der Waals surface area contributed by atoms with E-state index in [1.807, 2.05) is 30.3 Å². The predicted molar refractivity (Wildman–Crippen MR) is 136 cm³/mol. The Hall–Kier alpha value is -3.93. The lowest BCUT2D eigenvalue weighted by molar-refractivity contribution is -0.141. The summed E-state index contributed by atoms with van der Waals surface area (Å²) in [6, 6.07) is 8.56. The number of hydrogen-bond donors (Lipinski definition) is 2. The molecule has 2 heterocycles. The van der Waals surface area contributed by atoms with E-state index in [1.54, 1.807) is 4.90 Å². The van der Waals surface area contributed by atoms with Crippen LogP contribution in [0.2, 0.25) is 0 Å². The van der Waals surface area contributed by atoms with E-state index in [9.17, 15) is 37.5 Å². The van der Waals surface area contributed by atoms with Crippen molar-refractivity contribution in [1.82, 2.24) is 10.2 Å². The van der Waals surface area contributed by atoms with Gasteiger partial charge in [-0.25, -0.2) is 8.78 Å². The average Bonchev–Trinajstić information content (AvgIpc) is 3.35. The minimum atomic E-state index is -1.62. The molecule has 2 aromatic carbocycles. The van der Waals surface area contributed by atoms with Crippen LogP contribution in [0.4, 0.5) is 13.2 Å². The quantitative estimate of drug-likeness (QED) is 0.380. The van der Waals surface area contributed by atoms with Crippen molar-refractivity contribution in [1.29, 1.82) is 0 Å². The number of Topliss-reactive ketones (excluding diaryl/α,β-unsaturated/α-hetero) is 1. The summed E-state index contributed by atoms with van der Waals surface area (Å²) in [7, 11) is 0. The number of ketones is 1. The van der Waals surface area contributed by atoms with Crippen molar-refractivity contribution in [3.05, 3.63) is 64.3 Å². The van der Waals surface area contributed by atoms with Crippen LogP contribution in [0, 0.1) is 30.3 Å². The fraction of sp³-hybridized carbons (Fsp3) is 0.333. The van der Waals surface area contributed by atoms with Crippen LogP contribution in [0.3, 0.4) is 0 Å². The van der Waals surface area contributed by atoms with Gasteiger partial charge in [-0.1, -0.05) is 18.2 Å². The van der Waals surface area contributed by atoms with Crippen molar-refractivity contribution in [2.24, 2.45) is 5.92 Å². The molecule has 0 aliphatic carbocycles. The van der Waals surface area contributed by atoms with Crippen LogP contribution >= 0.6 is 11.3 Å². The number of likely N-dealkylation sites (tertiary alicyclic amines) is 1. The Kier molecular flexibility index (Phi) is 8.54. The van der Waals surface area contributed by atoms with E-state index in [-0.39, 0.29) is 11.5 Å². The van der Waals surface area contributed by atoms with E-state index in [0.717, 1.165) is 10.1 Å². The average molecular weight is 563 g/mol. The molecule has 0 unspecified atom stereocenters. The van der Waals surface area contributed by atoms with Crippen molar-refractivity contribution in [3.8, 4) is 5.75 Å². The molecule has 206 valence electrons. The number of carbonyl (C=O) groups excluding carboxylic acids is 3. The molecule has 0 spiro atoms. The fourth-order valence-electron chi connectivity index (χ4n) is 4.37. The maximum Gasteiger partial charge on any atom is 0.305 e. The van der Waals surface area contributed by atoms with E-state index < -0.39 is 65.8 Å². The molecule has 1 fully saturated rings. The summed E-state index contributed by atoms with van der Waals surface area (Å²) in [5.74, 6) is -8.94. The molecule has 2 N–H and O–H groups in total. The third-order valence-corrected chi connectivity index (χ3v) is 7.63. The summed E-state index contributed by atoms with van der Waals surface area (Å²) in [5, 5.41) is 12.6.